The number of aromatic amines is 1. The fraction of sp³-hybridized carbons (Fsp3) is 0.318. The van der Waals surface area contributed by atoms with Crippen LogP contribution in [0.5, 0.6) is 0 Å². The third-order valence-electron chi connectivity index (χ3n) is 5.10. The van der Waals surface area contributed by atoms with E-state index in [0.717, 1.165) is 47.7 Å². The van der Waals surface area contributed by atoms with Crippen LogP contribution in [0.4, 0.5) is 15.0 Å². The van der Waals surface area contributed by atoms with Gasteiger partial charge in [-0.25, -0.2) is 19.2 Å². The fourth-order valence-electron chi connectivity index (χ4n) is 3.60. The fourth-order valence-corrected chi connectivity index (χ4v) is 3.98. The summed E-state index contributed by atoms with van der Waals surface area (Å²) in [7, 11) is 0. The van der Waals surface area contributed by atoms with E-state index in [1.54, 1.807) is 24.4 Å². The van der Waals surface area contributed by atoms with Crippen LogP contribution in [-0.4, -0.2) is 33.4 Å². The third-order valence-corrected chi connectivity index (χ3v) is 5.68. The maximum atomic E-state index is 13.3. The highest BCUT2D eigenvalue weighted by Crippen LogP contribution is 2.33. The van der Waals surface area contributed by atoms with Crippen LogP contribution < -0.4 is 5.32 Å². The number of nitrogens with zero attached hydrogens (tertiary/aromatic N) is 2. The van der Waals surface area contributed by atoms with Gasteiger partial charge in [-0.05, 0) is 68.3 Å². The molecule has 0 radical (unpaired) electrons. The summed E-state index contributed by atoms with van der Waals surface area (Å²) >= 11 is 1.48. The van der Waals surface area contributed by atoms with Crippen LogP contribution in [0.1, 0.15) is 32.1 Å². The van der Waals surface area contributed by atoms with E-state index >= 15 is 0 Å². The number of carbonyl (C=O) groups excluding carboxylic acids is 1. The van der Waals surface area contributed by atoms with E-state index in [1.165, 1.54) is 30.3 Å². The molecule has 1 amide bonds. The first-order chi connectivity index (χ1) is 14.6. The van der Waals surface area contributed by atoms with Gasteiger partial charge in [0.2, 0.25) is 0 Å². The van der Waals surface area contributed by atoms with E-state index in [2.05, 4.69) is 20.3 Å². The zero-order valence-corrected chi connectivity index (χ0v) is 17.5. The van der Waals surface area contributed by atoms with E-state index in [9.17, 15) is 9.18 Å². The normalized spacial score (nSPS) is 14.5. The molecular weight excluding hydrogens is 403 g/mol. The topological polar surface area (TPSA) is 79.9 Å². The molecule has 3 aromatic rings. The summed E-state index contributed by atoms with van der Waals surface area (Å²) < 4.78 is 18.9. The van der Waals surface area contributed by atoms with Gasteiger partial charge in [-0.3, -0.25) is 5.32 Å². The van der Waals surface area contributed by atoms with E-state index in [1.807, 2.05) is 12.3 Å². The number of thioether (sulfide) groups is 1. The van der Waals surface area contributed by atoms with Gasteiger partial charge in [0.15, 0.2) is 5.16 Å². The van der Waals surface area contributed by atoms with Gasteiger partial charge in [0, 0.05) is 17.3 Å². The van der Waals surface area contributed by atoms with Crippen LogP contribution in [0.15, 0.2) is 47.8 Å². The van der Waals surface area contributed by atoms with Crippen LogP contribution in [-0.2, 0) is 4.74 Å². The Morgan fingerprint density at radius 2 is 1.93 bits per heavy atom. The summed E-state index contributed by atoms with van der Waals surface area (Å²) in [6.45, 7) is 0. The standard InChI is InChI=1S/C22H23FN4O2S/c1-30-21-26-19(14-7-9-16(23)10-8-14)20(27-21)15-11-12-24-18(13-15)25-22(28)29-17-5-3-2-4-6-17/h7-13,17H,2-6H2,1H3,(H,26,27)(H,24,25,28). The van der Waals surface area contributed by atoms with Crippen LogP contribution in [0.2, 0.25) is 0 Å². The van der Waals surface area contributed by atoms with Crippen molar-refractivity contribution < 1.29 is 13.9 Å². The number of hydrogen-bond acceptors (Lipinski definition) is 5. The zero-order chi connectivity index (χ0) is 20.9. The Morgan fingerprint density at radius 3 is 2.67 bits per heavy atom. The van der Waals surface area contributed by atoms with Gasteiger partial charge in [0.05, 0.1) is 11.4 Å². The number of ether oxygens (including phenoxy) is 1. The second-order valence-corrected chi connectivity index (χ2v) is 7.99. The van der Waals surface area contributed by atoms with Gasteiger partial charge >= 0.3 is 6.09 Å². The molecule has 1 aliphatic carbocycles. The highest BCUT2D eigenvalue weighted by molar-refractivity contribution is 7.98. The molecule has 2 aromatic heterocycles. The molecule has 0 unspecified atom stereocenters. The second kappa shape index (κ2) is 9.30. The molecule has 8 heteroatoms. The first-order valence-electron chi connectivity index (χ1n) is 9.96. The van der Waals surface area contributed by atoms with E-state index in [0.29, 0.717) is 11.5 Å². The average Bonchev–Trinajstić information content (AvgIpc) is 3.20. The van der Waals surface area contributed by atoms with Gasteiger partial charge in [0.1, 0.15) is 17.7 Å². The number of nitrogens with one attached hydrogen (secondary N) is 2. The number of carbonyl (C=O) groups is 1. The molecule has 2 N–H and O–H groups in total. The molecule has 1 fully saturated rings. The summed E-state index contributed by atoms with van der Waals surface area (Å²) in [5.74, 6) is 0.101. The number of amides is 1. The Balaban J connectivity index is 1.56. The van der Waals surface area contributed by atoms with Gasteiger partial charge in [-0.1, -0.05) is 18.2 Å². The van der Waals surface area contributed by atoms with Crippen molar-refractivity contribution in [1.29, 1.82) is 0 Å². The van der Waals surface area contributed by atoms with Crippen LogP contribution in [0, 0.1) is 5.82 Å². The molecule has 0 saturated heterocycles. The number of anilines is 1. The largest absolute Gasteiger partial charge is 0.446 e. The Morgan fingerprint density at radius 1 is 1.17 bits per heavy atom. The molecule has 156 valence electrons. The van der Waals surface area contributed by atoms with E-state index in [-0.39, 0.29) is 11.9 Å². The highest BCUT2D eigenvalue weighted by atomic mass is 32.2. The van der Waals surface area contributed by atoms with Crippen LogP contribution in [0.25, 0.3) is 22.5 Å². The maximum Gasteiger partial charge on any atom is 0.413 e. The lowest BCUT2D eigenvalue weighted by molar-refractivity contribution is 0.0864. The number of hydrogen-bond donors (Lipinski definition) is 2. The third kappa shape index (κ3) is 4.81. The number of imidazole rings is 1. The predicted octanol–water partition coefficient (Wildman–Crippen LogP) is 5.88. The summed E-state index contributed by atoms with van der Waals surface area (Å²) in [5, 5.41) is 3.46. The molecule has 0 spiro atoms. The van der Waals surface area contributed by atoms with Crippen molar-refractivity contribution in [2.75, 3.05) is 11.6 Å². The maximum absolute atomic E-state index is 13.3. The van der Waals surface area contributed by atoms with Crippen LogP contribution >= 0.6 is 11.8 Å². The summed E-state index contributed by atoms with van der Waals surface area (Å²) in [6.07, 6.45) is 8.23. The van der Waals surface area contributed by atoms with Crippen molar-refractivity contribution in [2.24, 2.45) is 0 Å². The Kier molecular flexibility index (Phi) is 6.32. The number of pyridine rings is 1. The van der Waals surface area contributed by atoms with Gasteiger partial charge < -0.3 is 9.72 Å². The number of halogens is 1. The lowest BCUT2D eigenvalue weighted by Gasteiger charge is -2.21. The van der Waals surface area contributed by atoms with E-state index in [4.69, 9.17) is 4.74 Å². The lowest BCUT2D eigenvalue weighted by Crippen LogP contribution is -2.24. The first kappa shape index (κ1) is 20.4. The molecule has 2 heterocycles. The minimum absolute atomic E-state index is 0.0255. The summed E-state index contributed by atoms with van der Waals surface area (Å²) in [6, 6.07) is 9.83. The first-order valence-corrected chi connectivity index (χ1v) is 11.2. The molecule has 30 heavy (non-hydrogen) atoms. The van der Waals surface area contributed by atoms with Crippen molar-refractivity contribution in [3.63, 3.8) is 0 Å². The number of aromatic nitrogens is 3. The van der Waals surface area contributed by atoms with Gasteiger partial charge in [0.25, 0.3) is 0 Å². The number of H-pyrrole nitrogens is 1. The number of rotatable bonds is 5. The Hall–Kier alpha value is -2.87. The van der Waals surface area contributed by atoms with Gasteiger partial charge in [-0.15, -0.1) is 0 Å². The van der Waals surface area contributed by atoms with Crippen molar-refractivity contribution in [3.05, 3.63) is 48.4 Å². The molecular formula is C22H23FN4O2S. The van der Waals surface area contributed by atoms with Crippen molar-refractivity contribution in [1.82, 2.24) is 15.0 Å². The quantitative estimate of drug-likeness (QED) is 0.498. The Labute approximate surface area is 178 Å². The predicted molar refractivity (Wildman–Crippen MR) is 116 cm³/mol. The summed E-state index contributed by atoms with van der Waals surface area (Å²) in [5.41, 5.74) is 3.09. The second-order valence-electron chi connectivity index (χ2n) is 7.20. The van der Waals surface area contributed by atoms with Crippen LogP contribution in [0.3, 0.4) is 0 Å². The lowest BCUT2D eigenvalue weighted by atomic mass is 9.98. The minimum atomic E-state index is -0.489. The smallest absolute Gasteiger partial charge is 0.413 e. The summed E-state index contributed by atoms with van der Waals surface area (Å²) in [4.78, 5) is 24.4. The van der Waals surface area contributed by atoms with Gasteiger partial charge in [-0.2, -0.15) is 0 Å². The monoisotopic (exact) mass is 426 g/mol. The van der Waals surface area contributed by atoms with Crippen molar-refractivity contribution >= 4 is 23.7 Å². The minimum Gasteiger partial charge on any atom is -0.446 e. The van der Waals surface area contributed by atoms with E-state index < -0.39 is 6.09 Å². The zero-order valence-electron chi connectivity index (χ0n) is 16.7. The van der Waals surface area contributed by atoms with Crippen molar-refractivity contribution in [3.8, 4) is 22.5 Å². The molecule has 1 aromatic carbocycles. The molecule has 4 rings (SSSR count). The molecule has 0 bridgehead atoms. The molecule has 0 aliphatic heterocycles. The Bertz CT molecular complexity index is 1020. The molecule has 1 aliphatic rings. The molecule has 1 saturated carbocycles. The average molecular weight is 427 g/mol. The highest BCUT2D eigenvalue weighted by Gasteiger charge is 2.19. The SMILES string of the molecule is CSc1nc(-c2ccnc(NC(=O)OC3CCCCC3)c2)c(-c2ccc(F)cc2)[nH]1. The molecule has 6 nitrogen and oxygen atoms in total. The van der Waals surface area contributed by atoms with Crippen molar-refractivity contribution in [2.45, 2.75) is 43.4 Å². The molecule has 0 atom stereocenters. The number of benzene rings is 1.